The summed E-state index contributed by atoms with van der Waals surface area (Å²) in [5.74, 6) is -0.227. The molecule has 1 fully saturated rings. The van der Waals surface area contributed by atoms with Crippen LogP contribution in [0.5, 0.6) is 0 Å². The van der Waals surface area contributed by atoms with Crippen molar-refractivity contribution in [2.75, 3.05) is 13.1 Å². The number of hydrogen-bond donors (Lipinski definition) is 1. The van der Waals surface area contributed by atoms with E-state index in [9.17, 15) is 13.2 Å². The van der Waals surface area contributed by atoms with Crippen molar-refractivity contribution < 1.29 is 13.2 Å². The van der Waals surface area contributed by atoms with E-state index in [1.165, 1.54) is 4.31 Å². The van der Waals surface area contributed by atoms with Crippen molar-refractivity contribution in [2.45, 2.75) is 46.1 Å². The molecule has 6 heteroatoms. The number of nitrogens with zero attached hydrogens (tertiary/aromatic N) is 1. The third kappa shape index (κ3) is 4.04. The van der Waals surface area contributed by atoms with Crippen molar-refractivity contribution in [2.24, 2.45) is 5.92 Å². The molecule has 0 radical (unpaired) electrons. The molecular weight excluding hydrogens is 240 g/mol. The SMILES string of the molecule is CC(C)C(=O)CNS(=O)(=O)N1CCCCC1C. The maximum absolute atomic E-state index is 12.0. The van der Waals surface area contributed by atoms with Gasteiger partial charge in [0.15, 0.2) is 0 Å². The maximum atomic E-state index is 12.0. The molecule has 0 amide bonds. The first-order valence-electron chi connectivity index (χ1n) is 6.13. The van der Waals surface area contributed by atoms with Gasteiger partial charge >= 0.3 is 0 Å². The van der Waals surface area contributed by atoms with Crippen molar-refractivity contribution in [3.8, 4) is 0 Å². The first kappa shape index (κ1) is 14.6. The summed E-state index contributed by atoms with van der Waals surface area (Å²) in [7, 11) is -3.50. The second-order valence-electron chi connectivity index (χ2n) is 4.90. The van der Waals surface area contributed by atoms with Gasteiger partial charge in [-0.1, -0.05) is 20.3 Å². The quantitative estimate of drug-likeness (QED) is 0.801. The Kier molecular flexibility index (Phi) is 5.09. The van der Waals surface area contributed by atoms with Crippen LogP contribution in [0.3, 0.4) is 0 Å². The largest absolute Gasteiger partial charge is 0.298 e. The minimum Gasteiger partial charge on any atom is -0.298 e. The van der Waals surface area contributed by atoms with E-state index >= 15 is 0 Å². The molecule has 1 rings (SSSR count). The number of carbonyl (C=O) groups is 1. The molecule has 1 unspecified atom stereocenters. The molecule has 1 heterocycles. The lowest BCUT2D eigenvalue weighted by Gasteiger charge is -2.32. The average molecular weight is 262 g/mol. The molecule has 0 spiro atoms. The summed E-state index contributed by atoms with van der Waals surface area (Å²) in [4.78, 5) is 11.4. The van der Waals surface area contributed by atoms with Gasteiger partial charge in [0.2, 0.25) is 0 Å². The van der Waals surface area contributed by atoms with E-state index in [1.54, 1.807) is 13.8 Å². The Morgan fingerprint density at radius 3 is 2.59 bits per heavy atom. The highest BCUT2D eigenvalue weighted by Gasteiger charge is 2.29. The number of hydrogen-bond acceptors (Lipinski definition) is 3. The second kappa shape index (κ2) is 5.93. The number of nitrogens with one attached hydrogen (secondary N) is 1. The highest BCUT2D eigenvalue weighted by molar-refractivity contribution is 7.87. The smallest absolute Gasteiger partial charge is 0.280 e. The summed E-state index contributed by atoms with van der Waals surface area (Å²) < 4.78 is 27.8. The van der Waals surface area contributed by atoms with E-state index in [4.69, 9.17) is 0 Å². The van der Waals surface area contributed by atoms with E-state index in [-0.39, 0.29) is 24.3 Å². The number of Topliss-reactive ketones (excluding diaryl/α,β-unsaturated/α-hetero) is 1. The van der Waals surface area contributed by atoms with E-state index < -0.39 is 10.2 Å². The normalized spacial score (nSPS) is 22.9. The summed E-state index contributed by atoms with van der Waals surface area (Å²) in [6.07, 6.45) is 2.85. The standard InChI is InChI=1S/C11H22N2O3S/c1-9(2)11(14)8-12-17(15,16)13-7-5-4-6-10(13)3/h9-10,12H,4-8H2,1-3H3. The summed E-state index contributed by atoms with van der Waals surface area (Å²) >= 11 is 0. The molecule has 0 aromatic rings. The zero-order valence-electron chi connectivity index (χ0n) is 10.8. The van der Waals surface area contributed by atoms with Gasteiger partial charge in [0.05, 0.1) is 6.54 Å². The van der Waals surface area contributed by atoms with E-state index in [1.807, 2.05) is 6.92 Å². The van der Waals surface area contributed by atoms with Crippen LogP contribution in [-0.4, -0.2) is 37.6 Å². The average Bonchev–Trinajstić information content (AvgIpc) is 2.26. The third-order valence-corrected chi connectivity index (χ3v) is 4.79. The third-order valence-electron chi connectivity index (χ3n) is 3.12. The molecule has 1 saturated heterocycles. The Morgan fingerprint density at radius 1 is 1.41 bits per heavy atom. The van der Waals surface area contributed by atoms with Crippen LogP contribution in [0.25, 0.3) is 0 Å². The number of ketones is 1. The van der Waals surface area contributed by atoms with Gasteiger partial charge in [-0.2, -0.15) is 17.4 Å². The van der Waals surface area contributed by atoms with Crippen molar-refractivity contribution in [1.82, 2.24) is 9.03 Å². The van der Waals surface area contributed by atoms with Crippen molar-refractivity contribution in [3.05, 3.63) is 0 Å². The predicted molar refractivity (Wildman–Crippen MR) is 66.8 cm³/mol. The van der Waals surface area contributed by atoms with Crippen molar-refractivity contribution in [1.29, 1.82) is 0 Å². The fraction of sp³-hybridized carbons (Fsp3) is 0.909. The first-order chi connectivity index (χ1) is 7.84. The molecule has 0 aromatic carbocycles. The van der Waals surface area contributed by atoms with Crippen LogP contribution in [-0.2, 0) is 15.0 Å². The maximum Gasteiger partial charge on any atom is 0.280 e. The molecule has 5 nitrogen and oxygen atoms in total. The topological polar surface area (TPSA) is 66.5 Å². The molecule has 1 aliphatic heterocycles. The predicted octanol–water partition coefficient (Wildman–Crippen LogP) is 0.920. The molecule has 1 atom stereocenters. The zero-order chi connectivity index (χ0) is 13.1. The van der Waals surface area contributed by atoms with Gasteiger partial charge in [0.1, 0.15) is 5.78 Å². The van der Waals surface area contributed by atoms with Crippen LogP contribution >= 0.6 is 0 Å². The summed E-state index contributed by atoms with van der Waals surface area (Å²) in [5, 5.41) is 0. The summed E-state index contributed by atoms with van der Waals surface area (Å²) in [6, 6.07) is 0.0235. The lowest BCUT2D eigenvalue weighted by molar-refractivity contribution is -0.120. The second-order valence-corrected chi connectivity index (χ2v) is 6.61. The van der Waals surface area contributed by atoms with Crippen LogP contribution in [0.15, 0.2) is 0 Å². The van der Waals surface area contributed by atoms with Gasteiger partial charge in [0, 0.05) is 18.5 Å². The highest BCUT2D eigenvalue weighted by Crippen LogP contribution is 2.18. The summed E-state index contributed by atoms with van der Waals surface area (Å²) in [6.45, 7) is 5.87. The molecule has 100 valence electrons. The lowest BCUT2D eigenvalue weighted by Crippen LogP contribution is -2.49. The van der Waals surface area contributed by atoms with E-state index in [0.29, 0.717) is 6.54 Å². The molecule has 0 aliphatic carbocycles. The molecular formula is C11H22N2O3S. The fourth-order valence-corrected chi connectivity index (χ4v) is 3.32. The first-order valence-corrected chi connectivity index (χ1v) is 7.57. The van der Waals surface area contributed by atoms with Gasteiger partial charge < -0.3 is 0 Å². The van der Waals surface area contributed by atoms with Gasteiger partial charge in [-0.05, 0) is 19.8 Å². The monoisotopic (exact) mass is 262 g/mol. The molecule has 0 aromatic heterocycles. The molecule has 0 bridgehead atoms. The van der Waals surface area contributed by atoms with Crippen LogP contribution in [0, 0.1) is 5.92 Å². The van der Waals surface area contributed by atoms with Crippen molar-refractivity contribution in [3.63, 3.8) is 0 Å². The van der Waals surface area contributed by atoms with Crippen molar-refractivity contribution >= 4 is 16.0 Å². The van der Waals surface area contributed by atoms with Crippen LogP contribution in [0.2, 0.25) is 0 Å². The Balaban J connectivity index is 2.58. The Hall–Kier alpha value is -0.460. The number of rotatable bonds is 5. The van der Waals surface area contributed by atoms with Crippen LogP contribution < -0.4 is 4.72 Å². The molecule has 1 N–H and O–H groups in total. The minimum absolute atomic E-state index is 0.0235. The van der Waals surface area contributed by atoms with E-state index in [2.05, 4.69) is 4.72 Å². The zero-order valence-corrected chi connectivity index (χ0v) is 11.6. The van der Waals surface area contributed by atoms with Crippen LogP contribution in [0.1, 0.15) is 40.0 Å². The van der Waals surface area contributed by atoms with Gasteiger partial charge in [0.25, 0.3) is 10.2 Å². The lowest BCUT2D eigenvalue weighted by atomic mass is 10.1. The Morgan fingerprint density at radius 2 is 2.06 bits per heavy atom. The molecule has 17 heavy (non-hydrogen) atoms. The molecule has 1 aliphatic rings. The van der Waals surface area contributed by atoms with Gasteiger partial charge in [-0.3, -0.25) is 4.79 Å². The van der Waals surface area contributed by atoms with Crippen LogP contribution in [0.4, 0.5) is 0 Å². The van der Waals surface area contributed by atoms with Gasteiger partial charge in [-0.25, -0.2) is 0 Å². The molecule has 0 saturated carbocycles. The van der Waals surface area contributed by atoms with Gasteiger partial charge in [-0.15, -0.1) is 0 Å². The highest BCUT2D eigenvalue weighted by atomic mass is 32.2. The van der Waals surface area contributed by atoms with E-state index in [0.717, 1.165) is 19.3 Å². The summed E-state index contributed by atoms with van der Waals surface area (Å²) in [5.41, 5.74) is 0. The fourth-order valence-electron chi connectivity index (χ4n) is 1.88. The Bertz CT molecular complexity index is 365. The Labute approximate surface area is 104 Å². The number of piperidine rings is 1. The minimum atomic E-state index is -3.50. The number of carbonyl (C=O) groups excluding carboxylic acids is 1.